The van der Waals surface area contributed by atoms with Crippen molar-refractivity contribution in [1.82, 2.24) is 9.80 Å². The Hall–Kier alpha value is -1.43. The van der Waals surface area contributed by atoms with Crippen molar-refractivity contribution in [3.05, 3.63) is 35.4 Å². The van der Waals surface area contributed by atoms with Crippen molar-refractivity contribution in [1.29, 1.82) is 0 Å². The Morgan fingerprint density at radius 3 is 2.67 bits per heavy atom. The summed E-state index contributed by atoms with van der Waals surface area (Å²) in [6.45, 7) is 7.58. The number of ether oxygens (including phenoxy) is 1. The normalized spacial score (nSPS) is 21.5. The van der Waals surface area contributed by atoms with E-state index in [-0.39, 0.29) is 25.0 Å². The zero-order valence-corrected chi connectivity index (χ0v) is 16.6. The molecule has 3 rings (SSSR count). The van der Waals surface area contributed by atoms with Gasteiger partial charge >= 0.3 is 0 Å². The number of likely N-dealkylation sites (tertiary alicyclic amines) is 1. The van der Waals surface area contributed by atoms with Crippen LogP contribution < -0.4 is 0 Å². The van der Waals surface area contributed by atoms with Crippen molar-refractivity contribution in [2.45, 2.75) is 51.7 Å². The van der Waals surface area contributed by atoms with E-state index in [0.717, 1.165) is 58.5 Å². The van der Waals surface area contributed by atoms with E-state index in [2.05, 4.69) is 36.1 Å². The molecule has 0 spiro atoms. The molecule has 2 aliphatic rings. The zero-order chi connectivity index (χ0) is 19.1. The first-order valence-electron chi connectivity index (χ1n) is 10.4. The molecule has 5 nitrogen and oxygen atoms in total. The number of aliphatic hydroxyl groups is 1. The van der Waals surface area contributed by atoms with Crippen LogP contribution in [-0.4, -0.2) is 66.3 Å². The Kier molecular flexibility index (Phi) is 7.68. The molecule has 2 saturated heterocycles. The standard InChI is InChI=1S/C22H34N2O3/c1-18-5-2-3-6-20(18)16-23-11-8-19(9-12-23)15-24(22(26)10-13-25)17-21-7-4-14-27-21/h2-3,5-6,19,21,25H,4,7-17H2,1H3/t21-/m0/s1. The van der Waals surface area contributed by atoms with Gasteiger partial charge in [-0.1, -0.05) is 24.3 Å². The maximum atomic E-state index is 12.4. The number of nitrogens with zero attached hydrogens (tertiary/aromatic N) is 2. The van der Waals surface area contributed by atoms with Crippen LogP contribution in [0.4, 0.5) is 0 Å². The summed E-state index contributed by atoms with van der Waals surface area (Å²) in [6, 6.07) is 8.61. The number of amides is 1. The minimum Gasteiger partial charge on any atom is -0.396 e. The van der Waals surface area contributed by atoms with Crippen LogP contribution in [0.2, 0.25) is 0 Å². The number of hydrogen-bond acceptors (Lipinski definition) is 4. The lowest BCUT2D eigenvalue weighted by Crippen LogP contribution is -2.43. The molecule has 2 fully saturated rings. The number of carbonyl (C=O) groups is 1. The van der Waals surface area contributed by atoms with E-state index in [9.17, 15) is 4.79 Å². The SMILES string of the molecule is Cc1ccccc1CN1CCC(CN(C[C@@H]2CCCO2)C(=O)CCO)CC1. The summed E-state index contributed by atoms with van der Waals surface area (Å²) in [5, 5.41) is 9.16. The van der Waals surface area contributed by atoms with Crippen molar-refractivity contribution in [3.63, 3.8) is 0 Å². The van der Waals surface area contributed by atoms with E-state index in [1.165, 1.54) is 11.1 Å². The van der Waals surface area contributed by atoms with E-state index in [1.807, 2.05) is 4.90 Å². The second kappa shape index (κ2) is 10.2. The van der Waals surface area contributed by atoms with Crippen molar-refractivity contribution >= 4 is 5.91 Å². The molecule has 1 aromatic rings. The molecular weight excluding hydrogens is 340 g/mol. The van der Waals surface area contributed by atoms with Gasteiger partial charge in [0, 0.05) is 32.7 Å². The summed E-state index contributed by atoms with van der Waals surface area (Å²) in [6.07, 6.45) is 4.77. The number of aryl methyl sites for hydroxylation is 1. The van der Waals surface area contributed by atoms with Gasteiger partial charge in [0.25, 0.3) is 0 Å². The molecule has 1 N–H and O–H groups in total. The van der Waals surface area contributed by atoms with Crippen LogP contribution in [-0.2, 0) is 16.1 Å². The Bertz CT molecular complexity index is 593. The summed E-state index contributed by atoms with van der Waals surface area (Å²) >= 11 is 0. The first-order chi connectivity index (χ1) is 13.2. The predicted octanol–water partition coefficient (Wildman–Crippen LogP) is 2.60. The number of rotatable bonds is 8. The van der Waals surface area contributed by atoms with Gasteiger partial charge in [-0.25, -0.2) is 0 Å². The quantitative estimate of drug-likeness (QED) is 0.760. The number of carbonyl (C=O) groups excluding carboxylic acids is 1. The molecule has 150 valence electrons. The van der Waals surface area contributed by atoms with Crippen LogP contribution in [0.15, 0.2) is 24.3 Å². The molecule has 0 saturated carbocycles. The van der Waals surface area contributed by atoms with Crippen LogP contribution in [0.1, 0.15) is 43.2 Å². The molecule has 0 unspecified atom stereocenters. The van der Waals surface area contributed by atoms with Crippen molar-refractivity contribution in [3.8, 4) is 0 Å². The minimum atomic E-state index is -0.0737. The summed E-state index contributed by atoms with van der Waals surface area (Å²) in [5.41, 5.74) is 2.77. The van der Waals surface area contributed by atoms with Gasteiger partial charge in [-0.05, 0) is 62.7 Å². The van der Waals surface area contributed by atoms with Crippen LogP contribution >= 0.6 is 0 Å². The Morgan fingerprint density at radius 1 is 1.22 bits per heavy atom. The molecule has 1 atom stereocenters. The fraction of sp³-hybridized carbons (Fsp3) is 0.682. The Balaban J connectivity index is 1.49. The minimum absolute atomic E-state index is 0.0651. The molecular formula is C22H34N2O3. The highest BCUT2D eigenvalue weighted by molar-refractivity contribution is 5.76. The van der Waals surface area contributed by atoms with E-state index < -0.39 is 0 Å². The average molecular weight is 375 g/mol. The van der Waals surface area contributed by atoms with Gasteiger partial charge in [0.05, 0.1) is 12.7 Å². The number of benzene rings is 1. The zero-order valence-electron chi connectivity index (χ0n) is 16.6. The van der Waals surface area contributed by atoms with Gasteiger partial charge in [-0.15, -0.1) is 0 Å². The average Bonchev–Trinajstić information content (AvgIpc) is 3.18. The van der Waals surface area contributed by atoms with Crippen LogP contribution in [0.3, 0.4) is 0 Å². The Labute approximate surface area is 163 Å². The second-order valence-electron chi connectivity index (χ2n) is 8.05. The first kappa shape index (κ1) is 20.3. The topological polar surface area (TPSA) is 53.0 Å². The molecule has 0 bridgehead atoms. The number of piperidine rings is 1. The maximum Gasteiger partial charge on any atom is 0.224 e. The lowest BCUT2D eigenvalue weighted by atomic mass is 9.95. The van der Waals surface area contributed by atoms with E-state index in [1.54, 1.807) is 0 Å². The van der Waals surface area contributed by atoms with Gasteiger partial charge in [-0.2, -0.15) is 0 Å². The van der Waals surface area contributed by atoms with E-state index in [0.29, 0.717) is 12.5 Å². The molecule has 0 aromatic heterocycles. The molecule has 0 radical (unpaired) electrons. The molecule has 2 heterocycles. The van der Waals surface area contributed by atoms with Gasteiger partial charge in [0.15, 0.2) is 0 Å². The number of aliphatic hydroxyl groups excluding tert-OH is 1. The monoisotopic (exact) mass is 374 g/mol. The maximum absolute atomic E-state index is 12.4. The van der Waals surface area contributed by atoms with Gasteiger partial charge in [-0.3, -0.25) is 9.69 Å². The summed E-state index contributed by atoms with van der Waals surface area (Å²) < 4.78 is 5.73. The lowest BCUT2D eigenvalue weighted by molar-refractivity contribution is -0.134. The van der Waals surface area contributed by atoms with Crippen molar-refractivity contribution in [2.75, 3.05) is 39.4 Å². The second-order valence-corrected chi connectivity index (χ2v) is 8.05. The third kappa shape index (κ3) is 6.03. The van der Waals surface area contributed by atoms with Crippen LogP contribution in [0, 0.1) is 12.8 Å². The highest BCUT2D eigenvalue weighted by atomic mass is 16.5. The van der Waals surface area contributed by atoms with Crippen LogP contribution in [0.5, 0.6) is 0 Å². The predicted molar refractivity (Wildman–Crippen MR) is 106 cm³/mol. The first-order valence-corrected chi connectivity index (χ1v) is 10.4. The lowest BCUT2D eigenvalue weighted by Gasteiger charge is -2.35. The third-order valence-electron chi connectivity index (χ3n) is 5.97. The molecule has 0 aliphatic carbocycles. The summed E-state index contributed by atoms with van der Waals surface area (Å²) in [7, 11) is 0. The van der Waals surface area contributed by atoms with Crippen molar-refractivity contribution in [2.24, 2.45) is 5.92 Å². The highest BCUT2D eigenvalue weighted by Gasteiger charge is 2.27. The highest BCUT2D eigenvalue weighted by Crippen LogP contribution is 2.22. The molecule has 2 aliphatic heterocycles. The van der Waals surface area contributed by atoms with Crippen molar-refractivity contribution < 1.29 is 14.6 Å². The summed E-state index contributed by atoms with van der Waals surface area (Å²) in [5.74, 6) is 0.609. The van der Waals surface area contributed by atoms with Gasteiger partial charge in [0.1, 0.15) is 0 Å². The number of hydrogen-bond donors (Lipinski definition) is 1. The Morgan fingerprint density at radius 2 is 2.00 bits per heavy atom. The van der Waals surface area contributed by atoms with Gasteiger partial charge in [0.2, 0.25) is 5.91 Å². The van der Waals surface area contributed by atoms with Crippen LogP contribution in [0.25, 0.3) is 0 Å². The van der Waals surface area contributed by atoms with E-state index >= 15 is 0 Å². The largest absolute Gasteiger partial charge is 0.396 e. The smallest absolute Gasteiger partial charge is 0.224 e. The fourth-order valence-corrected chi connectivity index (χ4v) is 4.23. The fourth-order valence-electron chi connectivity index (χ4n) is 4.23. The molecule has 1 amide bonds. The molecule has 5 heteroatoms. The third-order valence-corrected chi connectivity index (χ3v) is 5.97. The van der Waals surface area contributed by atoms with E-state index in [4.69, 9.17) is 9.84 Å². The molecule has 27 heavy (non-hydrogen) atoms. The molecule has 1 aromatic carbocycles. The summed E-state index contributed by atoms with van der Waals surface area (Å²) in [4.78, 5) is 16.9. The van der Waals surface area contributed by atoms with Gasteiger partial charge < -0.3 is 14.7 Å².